The molecule has 1 aromatic carbocycles. The van der Waals surface area contributed by atoms with Crippen LogP contribution >= 0.6 is 11.8 Å². The van der Waals surface area contributed by atoms with E-state index in [0.717, 1.165) is 37.5 Å². The van der Waals surface area contributed by atoms with E-state index in [0.29, 0.717) is 16.9 Å². The molecule has 0 aliphatic heterocycles. The van der Waals surface area contributed by atoms with Crippen LogP contribution in [0.15, 0.2) is 35.2 Å². The van der Waals surface area contributed by atoms with E-state index in [4.69, 9.17) is 4.74 Å². The van der Waals surface area contributed by atoms with Crippen LogP contribution in [0.4, 0.5) is 0 Å². The Morgan fingerprint density at radius 2 is 1.88 bits per heavy atom. The number of hydrogen-bond donors (Lipinski definition) is 1. The molecule has 3 aliphatic rings. The van der Waals surface area contributed by atoms with Crippen LogP contribution in [0.25, 0.3) is 0 Å². The van der Waals surface area contributed by atoms with E-state index in [1.165, 1.54) is 24.2 Å². The first-order valence-corrected chi connectivity index (χ1v) is 11.3. The Bertz CT molecular complexity index is 630. The van der Waals surface area contributed by atoms with Gasteiger partial charge >= 0.3 is 0 Å². The predicted molar refractivity (Wildman–Crippen MR) is 108 cm³/mol. The normalized spacial score (nSPS) is 41.0. The fourth-order valence-electron chi connectivity index (χ4n) is 6.61. The molecular weight excluding hydrogens is 340 g/mol. The molecule has 0 unspecified atom stereocenters. The monoisotopic (exact) mass is 374 g/mol. The summed E-state index contributed by atoms with van der Waals surface area (Å²) in [5.41, 5.74) is 0.767. The Morgan fingerprint density at radius 1 is 1.12 bits per heavy atom. The van der Waals surface area contributed by atoms with E-state index < -0.39 is 0 Å². The molecule has 144 valence electrons. The molecule has 0 amide bonds. The van der Waals surface area contributed by atoms with Crippen molar-refractivity contribution in [3.8, 4) is 0 Å². The fraction of sp³-hybridized carbons (Fsp3) is 0.739. The second-order valence-corrected chi connectivity index (χ2v) is 11.1. The van der Waals surface area contributed by atoms with E-state index in [1.54, 1.807) is 0 Å². The van der Waals surface area contributed by atoms with Gasteiger partial charge in [-0.05, 0) is 67.4 Å². The van der Waals surface area contributed by atoms with E-state index >= 15 is 0 Å². The summed E-state index contributed by atoms with van der Waals surface area (Å²) in [4.78, 5) is 1.32. The van der Waals surface area contributed by atoms with Gasteiger partial charge in [0, 0.05) is 16.1 Å². The van der Waals surface area contributed by atoms with Crippen molar-refractivity contribution in [1.29, 1.82) is 0 Å². The van der Waals surface area contributed by atoms with Gasteiger partial charge in [-0.1, -0.05) is 39.0 Å². The molecule has 0 heterocycles. The Hall–Kier alpha value is -0.510. The quantitative estimate of drug-likeness (QED) is 0.542. The van der Waals surface area contributed by atoms with Gasteiger partial charge < -0.3 is 9.84 Å². The third-order valence-corrected chi connectivity index (χ3v) is 8.81. The summed E-state index contributed by atoms with van der Waals surface area (Å²) in [5.74, 6) is 1.77. The van der Waals surface area contributed by atoms with Crippen LogP contribution in [-0.4, -0.2) is 29.7 Å². The van der Waals surface area contributed by atoms with Crippen molar-refractivity contribution in [3.05, 3.63) is 30.3 Å². The summed E-state index contributed by atoms with van der Waals surface area (Å²) in [6.07, 6.45) is 7.14. The van der Waals surface area contributed by atoms with Crippen LogP contribution < -0.4 is 0 Å². The molecule has 3 aliphatic carbocycles. The van der Waals surface area contributed by atoms with Gasteiger partial charge in [0.05, 0.1) is 18.8 Å². The van der Waals surface area contributed by atoms with E-state index in [1.807, 2.05) is 11.8 Å². The fourth-order valence-corrected chi connectivity index (χ4v) is 7.37. The lowest BCUT2D eigenvalue weighted by Gasteiger charge is -2.58. The summed E-state index contributed by atoms with van der Waals surface area (Å²) < 4.78 is 6.58. The van der Waals surface area contributed by atoms with Crippen molar-refractivity contribution in [3.63, 3.8) is 0 Å². The molecule has 1 aromatic rings. The molecule has 4 rings (SSSR count). The maximum Gasteiger partial charge on any atom is 0.0640 e. The lowest BCUT2D eigenvalue weighted by molar-refractivity contribution is -0.154. The first-order chi connectivity index (χ1) is 12.4. The second-order valence-electron chi connectivity index (χ2n) is 9.92. The van der Waals surface area contributed by atoms with Gasteiger partial charge in [-0.25, -0.2) is 0 Å². The van der Waals surface area contributed by atoms with Gasteiger partial charge in [0.25, 0.3) is 0 Å². The smallest absolute Gasteiger partial charge is 0.0640 e. The molecule has 1 spiro atoms. The Labute approximate surface area is 163 Å². The largest absolute Gasteiger partial charge is 0.393 e. The summed E-state index contributed by atoms with van der Waals surface area (Å²) in [6, 6.07) is 10.6. The maximum absolute atomic E-state index is 10.6. The van der Waals surface area contributed by atoms with Crippen molar-refractivity contribution in [2.45, 2.75) is 76.4 Å². The number of aliphatic hydroxyl groups is 1. The van der Waals surface area contributed by atoms with Crippen LogP contribution in [-0.2, 0) is 4.74 Å². The van der Waals surface area contributed by atoms with Crippen LogP contribution in [0.1, 0.15) is 59.3 Å². The SMILES string of the molecule is CC1(C)C[C@H](OCCSc2ccccc2)[C@]23CC[C@@H](O)[C@@](C)(CC[C@@H]12)C3. The summed E-state index contributed by atoms with van der Waals surface area (Å²) in [6.45, 7) is 8.06. The lowest BCUT2D eigenvalue weighted by Crippen LogP contribution is -2.54. The Morgan fingerprint density at radius 3 is 2.65 bits per heavy atom. The van der Waals surface area contributed by atoms with Crippen LogP contribution in [0.2, 0.25) is 0 Å². The topological polar surface area (TPSA) is 29.5 Å². The highest BCUT2D eigenvalue weighted by molar-refractivity contribution is 7.99. The van der Waals surface area contributed by atoms with Crippen molar-refractivity contribution in [2.24, 2.45) is 22.2 Å². The maximum atomic E-state index is 10.6. The second kappa shape index (κ2) is 6.83. The molecule has 26 heavy (non-hydrogen) atoms. The molecule has 5 atom stereocenters. The molecule has 1 N–H and O–H groups in total. The van der Waals surface area contributed by atoms with E-state index in [2.05, 4.69) is 51.1 Å². The minimum Gasteiger partial charge on any atom is -0.393 e. The lowest BCUT2D eigenvalue weighted by atomic mass is 9.49. The number of fused-ring (bicyclic) bond motifs is 1. The average molecular weight is 375 g/mol. The molecular formula is C23H34O2S. The highest BCUT2D eigenvalue weighted by atomic mass is 32.2. The standard InChI is InChI=1S/C23H34O2S/c1-21(2)15-20(25-13-14-26-17-7-5-4-6-8-17)23-12-10-19(24)22(3,16-23)11-9-18(21)23/h4-8,18-20,24H,9-16H2,1-3H3/t18-,19+,20-,22-,23-/m0/s1. The van der Waals surface area contributed by atoms with Crippen molar-refractivity contribution in [2.75, 3.05) is 12.4 Å². The van der Waals surface area contributed by atoms with E-state index in [9.17, 15) is 5.11 Å². The minimum atomic E-state index is -0.118. The van der Waals surface area contributed by atoms with Crippen molar-refractivity contribution < 1.29 is 9.84 Å². The van der Waals surface area contributed by atoms with E-state index in [-0.39, 0.29) is 11.5 Å². The molecule has 2 bridgehead atoms. The molecule has 3 saturated carbocycles. The van der Waals surface area contributed by atoms with Crippen molar-refractivity contribution in [1.82, 2.24) is 0 Å². The zero-order chi connectivity index (χ0) is 18.4. The average Bonchev–Trinajstić information content (AvgIpc) is 2.82. The highest BCUT2D eigenvalue weighted by Gasteiger charge is 2.65. The predicted octanol–water partition coefficient (Wildman–Crippen LogP) is 5.54. The van der Waals surface area contributed by atoms with Crippen LogP contribution in [0.3, 0.4) is 0 Å². The number of benzene rings is 1. The van der Waals surface area contributed by atoms with Crippen LogP contribution in [0, 0.1) is 22.2 Å². The van der Waals surface area contributed by atoms with Crippen LogP contribution in [0.5, 0.6) is 0 Å². The zero-order valence-corrected chi connectivity index (χ0v) is 17.4. The number of ether oxygens (including phenoxy) is 1. The Kier molecular flexibility index (Phi) is 4.95. The summed E-state index contributed by atoms with van der Waals surface area (Å²) >= 11 is 1.89. The summed E-state index contributed by atoms with van der Waals surface area (Å²) in [5, 5.41) is 10.6. The number of aliphatic hydroxyl groups excluding tert-OH is 1. The highest BCUT2D eigenvalue weighted by Crippen LogP contribution is 2.69. The number of rotatable bonds is 5. The number of thioether (sulfide) groups is 1. The van der Waals surface area contributed by atoms with Gasteiger partial charge in [-0.2, -0.15) is 0 Å². The summed E-state index contributed by atoms with van der Waals surface area (Å²) in [7, 11) is 0. The number of hydrogen-bond acceptors (Lipinski definition) is 3. The minimum absolute atomic E-state index is 0.107. The third-order valence-electron chi connectivity index (χ3n) is 7.83. The van der Waals surface area contributed by atoms with Gasteiger partial charge in [-0.3, -0.25) is 0 Å². The van der Waals surface area contributed by atoms with Gasteiger partial charge in [0.2, 0.25) is 0 Å². The molecule has 0 saturated heterocycles. The molecule has 2 nitrogen and oxygen atoms in total. The molecule has 3 heteroatoms. The first kappa shape index (κ1) is 18.8. The van der Waals surface area contributed by atoms with Gasteiger partial charge in [0.15, 0.2) is 0 Å². The Balaban J connectivity index is 1.44. The third kappa shape index (κ3) is 3.14. The first-order valence-electron chi connectivity index (χ1n) is 10.3. The van der Waals surface area contributed by atoms with Gasteiger partial charge in [0.1, 0.15) is 0 Å². The molecule has 3 fully saturated rings. The van der Waals surface area contributed by atoms with Gasteiger partial charge in [-0.15, -0.1) is 11.8 Å². The zero-order valence-electron chi connectivity index (χ0n) is 16.5. The molecule has 0 aromatic heterocycles. The molecule has 0 radical (unpaired) electrons. The van der Waals surface area contributed by atoms with Crippen molar-refractivity contribution >= 4 is 11.8 Å².